The molecule has 0 spiro atoms. The topological polar surface area (TPSA) is 72.0 Å². The Bertz CT molecular complexity index is 957. The van der Waals surface area contributed by atoms with Crippen molar-refractivity contribution in [1.29, 1.82) is 0 Å². The van der Waals surface area contributed by atoms with Gasteiger partial charge in [0.05, 0.1) is 23.7 Å². The number of hydrogen-bond donors (Lipinski definition) is 0. The molecule has 1 aliphatic rings. The van der Waals surface area contributed by atoms with Gasteiger partial charge >= 0.3 is 5.97 Å². The van der Waals surface area contributed by atoms with E-state index < -0.39 is 0 Å². The summed E-state index contributed by atoms with van der Waals surface area (Å²) in [5.41, 5.74) is 1.83. The van der Waals surface area contributed by atoms with Crippen molar-refractivity contribution in [1.82, 2.24) is 14.8 Å². The normalized spacial score (nSPS) is 16.1. The summed E-state index contributed by atoms with van der Waals surface area (Å²) in [6, 6.07) is 7.95. The van der Waals surface area contributed by atoms with Gasteiger partial charge in [-0.25, -0.2) is 4.98 Å². The molecule has 0 aliphatic carbocycles. The van der Waals surface area contributed by atoms with Crippen LogP contribution in [0.25, 0.3) is 6.08 Å². The second-order valence-electron chi connectivity index (χ2n) is 8.31. The minimum Gasteiger partial charge on any atom is -0.487 e. The number of benzene rings is 1. The Morgan fingerprint density at radius 3 is 2.74 bits per heavy atom. The lowest BCUT2D eigenvalue weighted by atomic mass is 10.1. The molecule has 1 fully saturated rings. The molecule has 2 aromatic rings. The highest BCUT2D eigenvalue weighted by Gasteiger charge is 2.26. The molecule has 0 bridgehead atoms. The number of nitrogens with zero attached hydrogens (tertiary/aromatic N) is 3. The Hall–Kier alpha value is -2.71. The van der Waals surface area contributed by atoms with Crippen LogP contribution in [0.2, 0.25) is 0 Å². The molecule has 1 saturated heterocycles. The summed E-state index contributed by atoms with van der Waals surface area (Å²) in [7, 11) is 0. The molecule has 3 rings (SSSR count). The lowest BCUT2D eigenvalue weighted by Crippen LogP contribution is -2.43. The first-order valence-electron chi connectivity index (χ1n) is 12.0. The number of aromatic nitrogens is 1. The van der Waals surface area contributed by atoms with Gasteiger partial charge in [-0.15, -0.1) is 11.3 Å². The number of hydrogen-bond acceptors (Lipinski definition) is 7. The molecule has 7 nitrogen and oxygen atoms in total. The van der Waals surface area contributed by atoms with Gasteiger partial charge in [0.2, 0.25) is 5.91 Å². The second-order valence-corrected chi connectivity index (χ2v) is 9.38. The minimum atomic E-state index is -0.272. The maximum absolute atomic E-state index is 13.0. The summed E-state index contributed by atoms with van der Waals surface area (Å²) < 4.78 is 10.8. The fraction of sp³-hybridized carbons (Fsp3) is 0.500. The second kappa shape index (κ2) is 13.2. The summed E-state index contributed by atoms with van der Waals surface area (Å²) in [5.74, 6) is 0.393. The summed E-state index contributed by atoms with van der Waals surface area (Å²) in [4.78, 5) is 33.5. The van der Waals surface area contributed by atoms with E-state index in [1.165, 1.54) is 0 Å². The third kappa shape index (κ3) is 7.95. The number of thiazole rings is 1. The molecule has 0 saturated carbocycles. The summed E-state index contributed by atoms with van der Waals surface area (Å²) in [6.07, 6.45) is 5.81. The summed E-state index contributed by atoms with van der Waals surface area (Å²) in [5, 5.41) is 3.02. The summed E-state index contributed by atoms with van der Waals surface area (Å²) in [6.45, 7) is 9.71. The van der Waals surface area contributed by atoms with E-state index in [0.29, 0.717) is 32.3 Å². The monoisotopic (exact) mass is 485 g/mol. The Balaban J connectivity index is 1.58. The standard InChI is InChI=1S/C26H35N3O4S/c1-4-28-15-6-7-23(28)17-29(16-14-26(31)32-5-2)25(30)13-10-21-8-11-24(12-9-21)33-18-22-19-34-20(3)27-22/h8-13,19,23H,4-7,14-18H2,1-3H3/b13-10+/t23-/m0/s1. The largest absolute Gasteiger partial charge is 0.487 e. The van der Waals surface area contributed by atoms with E-state index in [9.17, 15) is 9.59 Å². The van der Waals surface area contributed by atoms with Gasteiger partial charge < -0.3 is 14.4 Å². The molecule has 0 N–H and O–H groups in total. The predicted octanol–water partition coefficient (Wildman–Crippen LogP) is 4.31. The zero-order valence-corrected chi connectivity index (χ0v) is 21.2. The first kappa shape index (κ1) is 25.9. The number of ether oxygens (including phenoxy) is 2. The van der Waals surface area contributed by atoms with E-state index in [2.05, 4.69) is 16.8 Å². The Labute approximate surface area is 206 Å². The molecular formula is C26H35N3O4S. The average Bonchev–Trinajstić information content (AvgIpc) is 3.47. The minimum absolute atomic E-state index is 0.0912. The molecule has 2 heterocycles. The number of aryl methyl sites for hydroxylation is 1. The third-order valence-electron chi connectivity index (χ3n) is 5.89. The maximum Gasteiger partial charge on any atom is 0.307 e. The van der Waals surface area contributed by atoms with Gasteiger partial charge in [0.25, 0.3) is 0 Å². The number of rotatable bonds is 12. The number of esters is 1. The summed E-state index contributed by atoms with van der Waals surface area (Å²) >= 11 is 1.61. The lowest BCUT2D eigenvalue weighted by molar-refractivity contribution is -0.143. The van der Waals surface area contributed by atoms with Crippen molar-refractivity contribution in [3.8, 4) is 5.75 Å². The Kier molecular flexibility index (Phi) is 10.1. The maximum atomic E-state index is 13.0. The first-order valence-corrected chi connectivity index (χ1v) is 12.9. The zero-order chi connectivity index (χ0) is 24.3. The quantitative estimate of drug-likeness (QED) is 0.330. The van der Waals surface area contributed by atoms with Crippen LogP contribution < -0.4 is 4.74 Å². The molecule has 1 aromatic heterocycles. The highest BCUT2D eigenvalue weighted by Crippen LogP contribution is 2.19. The Morgan fingerprint density at radius 1 is 1.26 bits per heavy atom. The van der Waals surface area contributed by atoms with Crippen molar-refractivity contribution in [3.05, 3.63) is 52.0 Å². The number of carbonyl (C=O) groups excluding carboxylic acids is 2. The number of amides is 1. The fourth-order valence-electron chi connectivity index (χ4n) is 4.10. The third-order valence-corrected chi connectivity index (χ3v) is 6.71. The van der Waals surface area contributed by atoms with Gasteiger partial charge in [0.1, 0.15) is 12.4 Å². The fourth-order valence-corrected chi connectivity index (χ4v) is 4.70. The van der Waals surface area contributed by atoms with E-state index in [4.69, 9.17) is 9.47 Å². The molecule has 0 radical (unpaired) electrons. The molecule has 0 unspecified atom stereocenters. The van der Waals surface area contributed by atoms with Crippen LogP contribution in [-0.4, -0.2) is 65.5 Å². The molecule has 34 heavy (non-hydrogen) atoms. The SMILES string of the molecule is CCOC(=O)CCN(C[C@@H]1CCCN1CC)C(=O)/C=C/c1ccc(OCc2csc(C)n2)cc1. The van der Waals surface area contributed by atoms with E-state index in [1.54, 1.807) is 35.3 Å². The van der Waals surface area contributed by atoms with Crippen LogP contribution in [0, 0.1) is 6.92 Å². The number of likely N-dealkylation sites (N-methyl/N-ethyl adjacent to an activating group) is 1. The molecule has 1 atom stereocenters. The van der Waals surface area contributed by atoms with Crippen molar-refractivity contribution in [2.75, 3.05) is 32.8 Å². The average molecular weight is 486 g/mol. The lowest BCUT2D eigenvalue weighted by Gasteiger charge is -2.29. The van der Waals surface area contributed by atoms with Gasteiger partial charge in [-0.05, 0) is 63.6 Å². The molecule has 8 heteroatoms. The van der Waals surface area contributed by atoms with Crippen LogP contribution in [0.3, 0.4) is 0 Å². The van der Waals surface area contributed by atoms with E-state index in [1.807, 2.05) is 36.6 Å². The Morgan fingerprint density at radius 2 is 2.06 bits per heavy atom. The van der Waals surface area contributed by atoms with Crippen molar-refractivity contribution in [2.45, 2.75) is 52.7 Å². The van der Waals surface area contributed by atoms with Crippen LogP contribution in [0.4, 0.5) is 0 Å². The number of carbonyl (C=O) groups is 2. The van der Waals surface area contributed by atoms with E-state index in [-0.39, 0.29) is 18.3 Å². The van der Waals surface area contributed by atoms with Crippen molar-refractivity contribution < 1.29 is 19.1 Å². The highest BCUT2D eigenvalue weighted by molar-refractivity contribution is 7.09. The van der Waals surface area contributed by atoms with E-state index in [0.717, 1.165) is 47.9 Å². The van der Waals surface area contributed by atoms with Gasteiger partial charge in [0.15, 0.2) is 0 Å². The van der Waals surface area contributed by atoms with Crippen LogP contribution in [0.15, 0.2) is 35.7 Å². The van der Waals surface area contributed by atoms with Crippen LogP contribution in [0.1, 0.15) is 49.4 Å². The molecule has 1 aromatic carbocycles. The van der Waals surface area contributed by atoms with Gasteiger partial charge in [-0.2, -0.15) is 0 Å². The highest BCUT2D eigenvalue weighted by atomic mass is 32.1. The molecular weight excluding hydrogens is 450 g/mol. The predicted molar refractivity (Wildman–Crippen MR) is 135 cm³/mol. The van der Waals surface area contributed by atoms with Crippen molar-refractivity contribution in [2.24, 2.45) is 0 Å². The van der Waals surface area contributed by atoms with Crippen LogP contribution >= 0.6 is 11.3 Å². The van der Waals surface area contributed by atoms with E-state index >= 15 is 0 Å². The molecule has 1 aliphatic heterocycles. The first-order chi connectivity index (χ1) is 16.5. The van der Waals surface area contributed by atoms with Gasteiger partial charge in [-0.3, -0.25) is 14.5 Å². The molecule has 184 valence electrons. The van der Waals surface area contributed by atoms with Gasteiger partial charge in [0, 0.05) is 30.6 Å². The van der Waals surface area contributed by atoms with Crippen LogP contribution in [-0.2, 0) is 20.9 Å². The van der Waals surface area contributed by atoms with Crippen molar-refractivity contribution in [3.63, 3.8) is 0 Å². The van der Waals surface area contributed by atoms with Crippen molar-refractivity contribution >= 4 is 29.3 Å². The zero-order valence-electron chi connectivity index (χ0n) is 20.4. The van der Waals surface area contributed by atoms with Crippen LogP contribution in [0.5, 0.6) is 5.75 Å². The smallest absolute Gasteiger partial charge is 0.307 e. The van der Waals surface area contributed by atoms with Gasteiger partial charge in [-0.1, -0.05) is 19.1 Å². The molecule has 1 amide bonds. The number of likely N-dealkylation sites (tertiary alicyclic amines) is 1.